The second-order valence-corrected chi connectivity index (χ2v) is 8.10. The highest BCUT2D eigenvalue weighted by Gasteiger charge is 2.15. The van der Waals surface area contributed by atoms with E-state index in [4.69, 9.17) is 0 Å². The van der Waals surface area contributed by atoms with Crippen LogP contribution in [0.1, 0.15) is 30.6 Å². The van der Waals surface area contributed by atoms with E-state index < -0.39 is 0 Å². The van der Waals surface area contributed by atoms with Crippen molar-refractivity contribution in [3.05, 3.63) is 62.9 Å². The second-order valence-electron chi connectivity index (χ2n) is 5.38. The van der Waals surface area contributed by atoms with Gasteiger partial charge in [-0.05, 0) is 35.6 Å². The number of amides is 1. The minimum Gasteiger partial charge on any atom is -0.349 e. The van der Waals surface area contributed by atoms with E-state index >= 15 is 0 Å². The summed E-state index contributed by atoms with van der Waals surface area (Å²) in [7, 11) is 0. The van der Waals surface area contributed by atoms with E-state index in [0.29, 0.717) is 6.42 Å². The van der Waals surface area contributed by atoms with E-state index in [2.05, 4.69) is 33.2 Å². The molecule has 0 saturated carbocycles. The zero-order valence-electron chi connectivity index (χ0n) is 13.2. The number of benzene rings is 1. The highest BCUT2D eigenvalue weighted by atomic mass is 79.9. The second kappa shape index (κ2) is 8.05. The van der Waals surface area contributed by atoms with Crippen molar-refractivity contribution in [1.29, 1.82) is 0 Å². The van der Waals surface area contributed by atoms with Crippen LogP contribution in [-0.4, -0.2) is 10.9 Å². The molecule has 0 aliphatic carbocycles. The number of nitrogens with one attached hydrogen (secondary N) is 1. The quantitative estimate of drug-likeness (QED) is 0.576. The molecule has 6 heteroatoms. The Morgan fingerprint density at radius 2 is 2.04 bits per heavy atom. The number of aromatic nitrogens is 1. The van der Waals surface area contributed by atoms with Gasteiger partial charge in [-0.1, -0.05) is 41.1 Å². The third kappa shape index (κ3) is 4.32. The Hall–Kier alpha value is -1.50. The first-order valence-electron chi connectivity index (χ1n) is 7.69. The minimum absolute atomic E-state index is 0.00722. The van der Waals surface area contributed by atoms with E-state index in [1.54, 1.807) is 22.7 Å². The highest BCUT2D eigenvalue weighted by Crippen LogP contribution is 2.28. The van der Waals surface area contributed by atoms with Crippen LogP contribution in [0.25, 0.3) is 9.88 Å². The zero-order valence-corrected chi connectivity index (χ0v) is 16.4. The molecule has 1 amide bonds. The summed E-state index contributed by atoms with van der Waals surface area (Å²) in [6.45, 7) is 2.07. The van der Waals surface area contributed by atoms with E-state index in [1.807, 2.05) is 47.2 Å². The number of thiophene rings is 1. The van der Waals surface area contributed by atoms with Gasteiger partial charge in [0.15, 0.2) is 0 Å². The van der Waals surface area contributed by atoms with Crippen LogP contribution >= 0.6 is 38.6 Å². The summed E-state index contributed by atoms with van der Waals surface area (Å²) >= 11 is 6.69. The Balaban J connectivity index is 1.63. The molecule has 3 rings (SSSR count). The maximum Gasteiger partial charge on any atom is 0.226 e. The van der Waals surface area contributed by atoms with Gasteiger partial charge in [0.1, 0.15) is 5.01 Å². The summed E-state index contributed by atoms with van der Waals surface area (Å²) in [4.78, 5) is 18.1. The van der Waals surface area contributed by atoms with Crippen LogP contribution in [0, 0.1) is 0 Å². The highest BCUT2D eigenvalue weighted by molar-refractivity contribution is 9.10. The summed E-state index contributed by atoms with van der Waals surface area (Å²) in [5.74, 6) is 0.00722. The van der Waals surface area contributed by atoms with E-state index in [1.165, 1.54) is 0 Å². The Kier molecular flexibility index (Phi) is 5.81. The average Bonchev–Trinajstić information content (AvgIpc) is 3.24. The number of hydrogen-bond acceptors (Lipinski definition) is 4. The first-order chi connectivity index (χ1) is 11.7. The van der Waals surface area contributed by atoms with Gasteiger partial charge in [-0.3, -0.25) is 4.79 Å². The Morgan fingerprint density at radius 1 is 1.25 bits per heavy atom. The number of hydrogen-bond donors (Lipinski definition) is 1. The molecule has 2 heterocycles. The fourth-order valence-electron chi connectivity index (χ4n) is 2.43. The predicted molar refractivity (Wildman–Crippen MR) is 104 cm³/mol. The number of rotatable bonds is 6. The fourth-order valence-corrected chi connectivity index (χ4v) is 4.33. The lowest BCUT2D eigenvalue weighted by atomic mass is 10.0. The number of carbonyl (C=O) groups excluding carboxylic acids is 1. The Morgan fingerprint density at radius 3 is 2.71 bits per heavy atom. The largest absolute Gasteiger partial charge is 0.349 e. The molecule has 24 heavy (non-hydrogen) atoms. The first kappa shape index (κ1) is 17.3. The fraction of sp³-hybridized carbons (Fsp3) is 0.222. The minimum atomic E-state index is 0.00722. The molecular formula is C18H17BrN2OS2. The summed E-state index contributed by atoms with van der Waals surface area (Å²) in [6, 6.07) is 12.2. The van der Waals surface area contributed by atoms with Crippen molar-refractivity contribution in [2.24, 2.45) is 0 Å². The molecule has 2 aromatic heterocycles. The van der Waals surface area contributed by atoms with Crippen molar-refractivity contribution in [2.75, 3.05) is 0 Å². The number of thiazole rings is 1. The van der Waals surface area contributed by atoms with Gasteiger partial charge in [0.25, 0.3) is 0 Å². The van der Waals surface area contributed by atoms with Crippen LogP contribution in [0.15, 0.2) is 51.6 Å². The molecule has 0 aliphatic heterocycles. The summed E-state index contributed by atoms with van der Waals surface area (Å²) < 4.78 is 1.04. The summed E-state index contributed by atoms with van der Waals surface area (Å²) in [5, 5.41) is 8.09. The van der Waals surface area contributed by atoms with Crippen LogP contribution in [0.2, 0.25) is 0 Å². The average molecular weight is 421 g/mol. The third-order valence-electron chi connectivity index (χ3n) is 3.64. The molecule has 0 spiro atoms. The van der Waals surface area contributed by atoms with Crippen molar-refractivity contribution in [3.8, 4) is 9.88 Å². The number of nitrogens with zero attached hydrogens (tertiary/aromatic N) is 1. The predicted octanol–water partition coefficient (Wildman–Crippen LogP) is 5.44. The lowest BCUT2D eigenvalue weighted by Gasteiger charge is -2.17. The molecule has 3 aromatic rings. The Labute approximate surface area is 157 Å². The number of halogens is 1. The van der Waals surface area contributed by atoms with Crippen molar-refractivity contribution >= 4 is 44.5 Å². The van der Waals surface area contributed by atoms with Crippen LogP contribution in [0.5, 0.6) is 0 Å². The molecule has 0 saturated heterocycles. The molecular weight excluding hydrogens is 404 g/mol. The van der Waals surface area contributed by atoms with E-state index in [9.17, 15) is 4.79 Å². The van der Waals surface area contributed by atoms with Crippen molar-refractivity contribution < 1.29 is 4.79 Å². The van der Waals surface area contributed by atoms with Crippen molar-refractivity contribution in [1.82, 2.24) is 10.3 Å². The van der Waals surface area contributed by atoms with Gasteiger partial charge >= 0.3 is 0 Å². The Bertz CT molecular complexity index is 797. The smallest absolute Gasteiger partial charge is 0.226 e. The van der Waals surface area contributed by atoms with Gasteiger partial charge in [0.05, 0.1) is 23.0 Å². The lowest BCUT2D eigenvalue weighted by molar-refractivity contribution is -0.121. The van der Waals surface area contributed by atoms with Gasteiger partial charge < -0.3 is 5.32 Å². The molecule has 124 valence electrons. The molecule has 1 atom stereocenters. The maximum absolute atomic E-state index is 12.4. The summed E-state index contributed by atoms with van der Waals surface area (Å²) in [6.07, 6.45) is 1.17. The SMILES string of the molecule is CC[C@@H](NC(=O)Cc1csc(-c2cccs2)n1)c1ccc(Br)cc1. The van der Waals surface area contributed by atoms with Gasteiger partial charge in [-0.15, -0.1) is 22.7 Å². The number of carbonyl (C=O) groups is 1. The monoisotopic (exact) mass is 420 g/mol. The van der Waals surface area contributed by atoms with E-state index in [0.717, 1.165) is 32.0 Å². The molecule has 3 nitrogen and oxygen atoms in total. The van der Waals surface area contributed by atoms with Gasteiger partial charge in [0.2, 0.25) is 5.91 Å². The molecule has 0 unspecified atom stereocenters. The molecule has 0 fully saturated rings. The maximum atomic E-state index is 12.4. The van der Waals surface area contributed by atoms with Crippen LogP contribution < -0.4 is 5.32 Å². The first-order valence-corrected chi connectivity index (χ1v) is 10.2. The summed E-state index contributed by atoms with van der Waals surface area (Å²) in [5.41, 5.74) is 1.94. The van der Waals surface area contributed by atoms with Gasteiger partial charge in [0, 0.05) is 9.85 Å². The van der Waals surface area contributed by atoms with Gasteiger partial charge in [-0.2, -0.15) is 0 Å². The van der Waals surface area contributed by atoms with Crippen LogP contribution in [-0.2, 0) is 11.2 Å². The van der Waals surface area contributed by atoms with Crippen LogP contribution in [0.4, 0.5) is 0 Å². The normalized spacial score (nSPS) is 12.1. The standard InChI is InChI=1S/C18H17BrN2OS2/c1-2-15(12-5-7-13(19)8-6-12)21-17(22)10-14-11-24-18(20-14)16-4-3-9-23-16/h3-9,11,15H,2,10H2,1H3,(H,21,22)/t15-/m1/s1. The lowest BCUT2D eigenvalue weighted by Crippen LogP contribution is -2.29. The molecule has 1 N–H and O–H groups in total. The van der Waals surface area contributed by atoms with Crippen LogP contribution in [0.3, 0.4) is 0 Å². The van der Waals surface area contributed by atoms with Gasteiger partial charge in [-0.25, -0.2) is 4.98 Å². The van der Waals surface area contributed by atoms with Crippen molar-refractivity contribution in [2.45, 2.75) is 25.8 Å². The molecule has 1 aromatic carbocycles. The molecule has 0 bridgehead atoms. The van der Waals surface area contributed by atoms with E-state index in [-0.39, 0.29) is 11.9 Å². The molecule has 0 aliphatic rings. The third-order valence-corrected chi connectivity index (χ3v) is 6.10. The molecule has 0 radical (unpaired) electrons. The van der Waals surface area contributed by atoms with Crippen molar-refractivity contribution in [3.63, 3.8) is 0 Å². The topological polar surface area (TPSA) is 42.0 Å². The zero-order chi connectivity index (χ0) is 16.9.